The normalized spacial score (nSPS) is 16.9. The molecule has 1 aromatic carbocycles. The summed E-state index contributed by atoms with van der Waals surface area (Å²) in [5.41, 5.74) is 0.0990. The lowest BCUT2D eigenvalue weighted by molar-refractivity contribution is 0.0595. The Morgan fingerprint density at radius 1 is 1.50 bits per heavy atom. The van der Waals surface area contributed by atoms with Crippen molar-refractivity contribution in [2.45, 2.75) is 11.4 Å². The number of esters is 1. The average Bonchev–Trinajstić information content (AvgIpc) is 2.53. The van der Waals surface area contributed by atoms with Gasteiger partial charge in [0, 0.05) is 6.54 Å². The highest BCUT2D eigenvalue weighted by Crippen LogP contribution is 2.25. The van der Waals surface area contributed by atoms with E-state index in [1.54, 1.807) is 0 Å². The summed E-state index contributed by atoms with van der Waals surface area (Å²) < 4.78 is 42.8. The van der Waals surface area contributed by atoms with E-state index in [4.69, 9.17) is 0 Å². The Hall–Kier alpha value is -1.47. The molecule has 16 heavy (non-hydrogen) atoms. The zero-order chi connectivity index (χ0) is 11.9. The van der Waals surface area contributed by atoms with Crippen LogP contribution in [0.3, 0.4) is 0 Å². The average molecular weight is 245 g/mol. The monoisotopic (exact) mass is 245 g/mol. The van der Waals surface area contributed by atoms with Gasteiger partial charge in [-0.3, -0.25) is 0 Å². The molecule has 1 N–H and O–H groups in total. The van der Waals surface area contributed by atoms with Crippen LogP contribution in [0.1, 0.15) is 15.9 Å². The van der Waals surface area contributed by atoms with Gasteiger partial charge in [-0.1, -0.05) is 0 Å². The first kappa shape index (κ1) is 11.0. The molecule has 0 saturated heterocycles. The number of nitrogens with one attached hydrogen (secondary N) is 1. The van der Waals surface area contributed by atoms with Crippen molar-refractivity contribution in [3.63, 3.8) is 0 Å². The summed E-state index contributed by atoms with van der Waals surface area (Å²) in [7, 11) is -2.49. The van der Waals surface area contributed by atoms with E-state index < -0.39 is 21.8 Å². The molecular formula is C9H8FNO4S. The molecule has 0 aliphatic carbocycles. The molecule has 2 rings (SSSR count). The van der Waals surface area contributed by atoms with E-state index in [1.807, 2.05) is 0 Å². The summed E-state index contributed by atoms with van der Waals surface area (Å²) in [6.07, 6.45) is 0. The number of halogens is 1. The number of carbonyl (C=O) groups is 1. The molecule has 0 amide bonds. The molecule has 0 fully saturated rings. The van der Waals surface area contributed by atoms with Crippen LogP contribution in [0.2, 0.25) is 0 Å². The summed E-state index contributed by atoms with van der Waals surface area (Å²) in [5, 5.41) is 0. The largest absolute Gasteiger partial charge is 0.465 e. The summed E-state index contributed by atoms with van der Waals surface area (Å²) in [6.45, 7) is 0.0575. The fourth-order valence-corrected chi connectivity index (χ4v) is 2.74. The van der Waals surface area contributed by atoms with Crippen LogP contribution in [0.25, 0.3) is 0 Å². The van der Waals surface area contributed by atoms with Crippen molar-refractivity contribution in [1.29, 1.82) is 0 Å². The van der Waals surface area contributed by atoms with Gasteiger partial charge in [-0.25, -0.2) is 22.3 Å². The second-order valence-corrected chi connectivity index (χ2v) is 4.99. The van der Waals surface area contributed by atoms with E-state index in [1.165, 1.54) is 6.07 Å². The number of methoxy groups -OCH3 is 1. The zero-order valence-electron chi connectivity index (χ0n) is 8.28. The number of benzene rings is 1. The first-order valence-electron chi connectivity index (χ1n) is 4.36. The molecular weight excluding hydrogens is 237 g/mol. The quantitative estimate of drug-likeness (QED) is 0.727. The Balaban J connectivity index is 2.62. The lowest BCUT2D eigenvalue weighted by Crippen LogP contribution is -2.13. The van der Waals surface area contributed by atoms with Gasteiger partial charge in [0.1, 0.15) is 5.82 Å². The van der Waals surface area contributed by atoms with Gasteiger partial charge in [0.2, 0.25) is 10.0 Å². The number of hydrogen-bond acceptors (Lipinski definition) is 4. The lowest BCUT2D eigenvalue weighted by atomic mass is 10.1. The van der Waals surface area contributed by atoms with E-state index in [0.29, 0.717) is 5.56 Å². The van der Waals surface area contributed by atoms with Gasteiger partial charge in [0.25, 0.3) is 0 Å². The molecule has 1 aromatic rings. The maximum Gasteiger partial charge on any atom is 0.340 e. The summed E-state index contributed by atoms with van der Waals surface area (Å²) in [4.78, 5) is 11.0. The summed E-state index contributed by atoms with van der Waals surface area (Å²) in [6, 6.07) is 2.02. The molecule has 1 aliphatic heterocycles. The van der Waals surface area contributed by atoms with Gasteiger partial charge in [0.05, 0.1) is 17.6 Å². The molecule has 5 nitrogen and oxygen atoms in total. The van der Waals surface area contributed by atoms with Crippen LogP contribution in [0.15, 0.2) is 17.0 Å². The smallest absolute Gasteiger partial charge is 0.340 e. The van der Waals surface area contributed by atoms with Crippen LogP contribution in [-0.4, -0.2) is 21.5 Å². The van der Waals surface area contributed by atoms with E-state index in [9.17, 15) is 17.6 Å². The van der Waals surface area contributed by atoms with Gasteiger partial charge in [-0.15, -0.1) is 0 Å². The minimum absolute atomic E-state index is 0.0575. The molecule has 0 bridgehead atoms. The number of sulfonamides is 1. The maximum absolute atomic E-state index is 13.4. The Morgan fingerprint density at radius 3 is 2.81 bits per heavy atom. The van der Waals surface area contributed by atoms with Crippen LogP contribution in [0.4, 0.5) is 4.39 Å². The predicted molar refractivity (Wildman–Crippen MR) is 51.8 cm³/mol. The molecule has 1 heterocycles. The Bertz CT molecular complexity index is 567. The van der Waals surface area contributed by atoms with Crippen molar-refractivity contribution in [3.8, 4) is 0 Å². The SMILES string of the molecule is COC(=O)c1cc2c(cc1F)S(=O)(=O)NC2. The van der Waals surface area contributed by atoms with Crippen molar-refractivity contribution < 1.29 is 22.3 Å². The molecule has 1 aliphatic rings. The van der Waals surface area contributed by atoms with Crippen LogP contribution in [0, 0.1) is 5.82 Å². The Kier molecular flexibility index (Phi) is 2.43. The van der Waals surface area contributed by atoms with E-state index in [-0.39, 0.29) is 17.0 Å². The van der Waals surface area contributed by atoms with Gasteiger partial charge in [-0.2, -0.15) is 0 Å². The molecule has 0 saturated carbocycles. The number of carbonyl (C=O) groups excluding carboxylic acids is 1. The molecule has 0 aromatic heterocycles. The van der Waals surface area contributed by atoms with Crippen molar-refractivity contribution in [3.05, 3.63) is 29.1 Å². The van der Waals surface area contributed by atoms with Gasteiger partial charge in [-0.05, 0) is 17.7 Å². The van der Waals surface area contributed by atoms with Crippen LogP contribution < -0.4 is 4.72 Å². The third-order valence-corrected chi connectivity index (χ3v) is 3.78. The van der Waals surface area contributed by atoms with Gasteiger partial charge in [0.15, 0.2) is 0 Å². The fourth-order valence-electron chi connectivity index (χ4n) is 1.51. The highest BCUT2D eigenvalue weighted by molar-refractivity contribution is 7.89. The third kappa shape index (κ3) is 1.57. The van der Waals surface area contributed by atoms with Crippen molar-refractivity contribution in [2.24, 2.45) is 0 Å². The van der Waals surface area contributed by atoms with E-state index >= 15 is 0 Å². The number of rotatable bonds is 1. The fraction of sp³-hybridized carbons (Fsp3) is 0.222. The van der Waals surface area contributed by atoms with E-state index in [2.05, 4.69) is 9.46 Å². The highest BCUT2D eigenvalue weighted by atomic mass is 32.2. The zero-order valence-corrected chi connectivity index (χ0v) is 9.10. The van der Waals surface area contributed by atoms with E-state index in [0.717, 1.165) is 13.2 Å². The highest BCUT2D eigenvalue weighted by Gasteiger charge is 2.28. The minimum atomic E-state index is -3.62. The number of hydrogen-bond donors (Lipinski definition) is 1. The minimum Gasteiger partial charge on any atom is -0.465 e. The molecule has 0 atom stereocenters. The van der Waals surface area contributed by atoms with Crippen molar-refractivity contribution in [1.82, 2.24) is 4.72 Å². The standard InChI is InChI=1S/C9H8FNO4S/c1-15-9(12)6-2-5-4-11-16(13,14)8(5)3-7(6)10/h2-3,11H,4H2,1H3. The second kappa shape index (κ2) is 3.53. The first-order valence-corrected chi connectivity index (χ1v) is 5.84. The predicted octanol–water partition coefficient (Wildman–Crippen LogP) is 0.404. The molecule has 86 valence electrons. The van der Waals surface area contributed by atoms with Gasteiger partial charge >= 0.3 is 5.97 Å². The Morgan fingerprint density at radius 2 is 2.19 bits per heavy atom. The molecule has 7 heteroatoms. The van der Waals surface area contributed by atoms with Crippen LogP contribution in [-0.2, 0) is 21.3 Å². The van der Waals surface area contributed by atoms with Crippen LogP contribution in [0.5, 0.6) is 0 Å². The topological polar surface area (TPSA) is 72.5 Å². The number of fused-ring (bicyclic) bond motifs is 1. The maximum atomic E-state index is 13.4. The van der Waals surface area contributed by atoms with Crippen LogP contribution >= 0.6 is 0 Å². The van der Waals surface area contributed by atoms with Crippen molar-refractivity contribution >= 4 is 16.0 Å². The molecule has 0 radical (unpaired) electrons. The third-order valence-electron chi connectivity index (χ3n) is 2.30. The number of ether oxygens (including phenoxy) is 1. The summed E-state index contributed by atoms with van der Waals surface area (Å²) >= 11 is 0. The van der Waals surface area contributed by atoms with Crippen molar-refractivity contribution in [2.75, 3.05) is 7.11 Å². The second-order valence-electron chi connectivity index (χ2n) is 3.26. The Labute approximate surface area is 91.3 Å². The molecule has 0 spiro atoms. The summed E-state index contributed by atoms with van der Waals surface area (Å²) in [5.74, 6) is -1.73. The molecule has 0 unspecified atom stereocenters. The lowest BCUT2D eigenvalue weighted by Gasteiger charge is -2.03. The first-order chi connectivity index (χ1) is 7.45. The van der Waals surface area contributed by atoms with Gasteiger partial charge < -0.3 is 4.74 Å².